The van der Waals surface area contributed by atoms with Gasteiger partial charge in [0.25, 0.3) is 0 Å². The van der Waals surface area contributed by atoms with Crippen molar-refractivity contribution in [2.45, 2.75) is 25.9 Å². The number of benzene rings is 2. The molecule has 0 aliphatic carbocycles. The first-order valence-corrected chi connectivity index (χ1v) is 8.53. The summed E-state index contributed by atoms with van der Waals surface area (Å²) in [5.41, 5.74) is 2.89. The second kappa shape index (κ2) is 7.30. The van der Waals surface area contributed by atoms with Crippen LogP contribution >= 0.6 is 0 Å². The molecule has 26 heavy (non-hydrogen) atoms. The number of halogens is 1. The van der Waals surface area contributed by atoms with E-state index in [4.69, 9.17) is 4.74 Å². The molecule has 3 aromatic rings. The third-order valence-electron chi connectivity index (χ3n) is 4.61. The van der Waals surface area contributed by atoms with E-state index in [1.807, 2.05) is 48.0 Å². The van der Waals surface area contributed by atoms with E-state index >= 15 is 0 Å². The molecule has 0 atom stereocenters. The highest BCUT2D eigenvalue weighted by molar-refractivity contribution is 5.87. The number of ether oxygens (including phenoxy) is 1. The number of aryl methyl sites for hydroxylation is 1. The number of fused-ring (bicyclic) bond motifs is 1. The van der Waals surface area contributed by atoms with E-state index in [-0.39, 0.29) is 11.1 Å². The molecule has 0 spiro atoms. The first-order chi connectivity index (χ1) is 12.4. The zero-order chi connectivity index (χ0) is 18.7. The Kier molecular flexibility index (Phi) is 5.09. The van der Waals surface area contributed by atoms with Crippen molar-refractivity contribution in [2.75, 3.05) is 11.9 Å². The van der Waals surface area contributed by atoms with Crippen LogP contribution in [0.3, 0.4) is 0 Å². The Bertz CT molecular complexity index is 917. The lowest BCUT2D eigenvalue weighted by Crippen LogP contribution is -2.26. The summed E-state index contributed by atoms with van der Waals surface area (Å²) in [5, 5.41) is 3.28. The van der Waals surface area contributed by atoms with Crippen molar-refractivity contribution in [3.63, 3.8) is 0 Å². The Morgan fingerprint density at radius 1 is 1.19 bits per heavy atom. The molecule has 0 unspecified atom stereocenters. The van der Waals surface area contributed by atoms with Gasteiger partial charge in [0.1, 0.15) is 5.82 Å². The first kappa shape index (κ1) is 18.1. The summed E-state index contributed by atoms with van der Waals surface area (Å²) in [7, 11) is 1.92. The summed E-state index contributed by atoms with van der Waals surface area (Å²) in [4.78, 5) is 10.6. The monoisotopic (exact) mass is 354 g/mol. The van der Waals surface area contributed by atoms with Gasteiger partial charge in [-0.2, -0.15) is 0 Å². The molecular formula is C21H23FN2O2. The van der Waals surface area contributed by atoms with E-state index in [2.05, 4.69) is 19.2 Å². The van der Waals surface area contributed by atoms with Crippen molar-refractivity contribution in [3.8, 4) is 0 Å². The maximum Gasteiger partial charge on any atom is 0.211 e. The summed E-state index contributed by atoms with van der Waals surface area (Å²) in [6, 6.07) is 15.2. The third kappa shape index (κ3) is 3.63. The van der Waals surface area contributed by atoms with Gasteiger partial charge >= 0.3 is 0 Å². The zero-order valence-corrected chi connectivity index (χ0v) is 15.3. The molecule has 0 radical (unpaired) electrons. The average Bonchev–Trinajstić information content (AvgIpc) is 2.93. The Labute approximate surface area is 152 Å². The van der Waals surface area contributed by atoms with Crippen molar-refractivity contribution >= 4 is 23.0 Å². The number of aromatic nitrogens is 1. The molecular weight excluding hydrogens is 331 g/mol. The number of amides is 1. The quantitative estimate of drug-likeness (QED) is 0.640. The van der Waals surface area contributed by atoms with Crippen molar-refractivity contribution in [1.29, 1.82) is 0 Å². The molecule has 136 valence electrons. The second-order valence-electron chi connectivity index (χ2n) is 7.10. The highest BCUT2D eigenvalue weighted by atomic mass is 19.1. The third-order valence-corrected chi connectivity index (χ3v) is 4.61. The molecule has 1 aromatic heterocycles. The largest absolute Gasteiger partial charge is 0.376 e. The van der Waals surface area contributed by atoms with Gasteiger partial charge in [0.2, 0.25) is 6.41 Å². The standard InChI is InChI=1S/C21H23FN2O2/c1-21(2,13-26-12-15-7-5-4-6-8-15)20-10-16-9-18(23-14-25)17(22)11-19(16)24(20)3/h4-11,14H,12-13H2,1-3H3,(H,23,25). The van der Waals surface area contributed by atoms with Gasteiger partial charge in [-0.25, -0.2) is 4.39 Å². The average molecular weight is 354 g/mol. The van der Waals surface area contributed by atoms with E-state index in [0.29, 0.717) is 19.6 Å². The van der Waals surface area contributed by atoms with Crippen LogP contribution in [0.4, 0.5) is 10.1 Å². The molecule has 1 amide bonds. The van der Waals surface area contributed by atoms with Crippen molar-refractivity contribution < 1.29 is 13.9 Å². The van der Waals surface area contributed by atoms with Gasteiger partial charge in [-0.1, -0.05) is 44.2 Å². The molecule has 4 nitrogen and oxygen atoms in total. The van der Waals surface area contributed by atoms with Crippen LogP contribution in [0.25, 0.3) is 10.9 Å². The Morgan fingerprint density at radius 2 is 1.92 bits per heavy atom. The number of hydrogen-bond acceptors (Lipinski definition) is 2. The minimum Gasteiger partial charge on any atom is -0.376 e. The Balaban J connectivity index is 1.83. The molecule has 0 saturated carbocycles. The fourth-order valence-electron chi connectivity index (χ4n) is 3.26. The maximum absolute atomic E-state index is 14.1. The summed E-state index contributed by atoms with van der Waals surface area (Å²) < 4.78 is 22.0. The fraction of sp³-hybridized carbons (Fsp3) is 0.286. The van der Waals surface area contributed by atoms with Gasteiger partial charge in [-0.05, 0) is 17.7 Å². The summed E-state index contributed by atoms with van der Waals surface area (Å²) in [6.45, 7) is 5.30. The minimum atomic E-state index is -0.449. The van der Waals surface area contributed by atoms with Gasteiger partial charge in [0, 0.05) is 29.6 Å². The Hall–Kier alpha value is -2.66. The SMILES string of the molecule is Cn1c(C(C)(C)COCc2ccccc2)cc2cc(NC=O)c(F)cc21. The molecule has 3 rings (SSSR count). The van der Waals surface area contributed by atoms with Crippen LogP contribution in [-0.2, 0) is 28.6 Å². The number of carbonyl (C=O) groups is 1. The predicted octanol–water partition coefficient (Wildman–Crippen LogP) is 4.38. The Morgan fingerprint density at radius 3 is 2.62 bits per heavy atom. The lowest BCUT2D eigenvalue weighted by Gasteiger charge is -2.25. The smallest absolute Gasteiger partial charge is 0.211 e. The van der Waals surface area contributed by atoms with Crippen LogP contribution < -0.4 is 5.32 Å². The topological polar surface area (TPSA) is 43.3 Å². The number of nitrogens with one attached hydrogen (secondary N) is 1. The predicted molar refractivity (Wildman–Crippen MR) is 102 cm³/mol. The van der Waals surface area contributed by atoms with E-state index in [1.54, 1.807) is 6.07 Å². The van der Waals surface area contributed by atoms with Crippen LogP contribution in [0, 0.1) is 5.82 Å². The van der Waals surface area contributed by atoms with Crippen LogP contribution in [0.15, 0.2) is 48.5 Å². The lowest BCUT2D eigenvalue weighted by atomic mass is 9.90. The van der Waals surface area contributed by atoms with Gasteiger partial charge in [0.05, 0.1) is 24.4 Å². The number of nitrogens with zero attached hydrogens (tertiary/aromatic N) is 1. The van der Waals surface area contributed by atoms with Gasteiger partial charge in [-0.3, -0.25) is 4.79 Å². The highest BCUT2D eigenvalue weighted by Crippen LogP contribution is 2.32. The van der Waals surface area contributed by atoms with Gasteiger partial charge in [-0.15, -0.1) is 0 Å². The molecule has 0 aliphatic rings. The van der Waals surface area contributed by atoms with E-state index < -0.39 is 5.82 Å². The normalized spacial score (nSPS) is 11.7. The molecule has 0 saturated heterocycles. The molecule has 1 N–H and O–H groups in total. The molecule has 0 bridgehead atoms. The van der Waals surface area contributed by atoms with Crippen molar-refractivity contribution in [1.82, 2.24) is 4.57 Å². The van der Waals surface area contributed by atoms with E-state index in [9.17, 15) is 9.18 Å². The molecule has 1 heterocycles. The summed E-state index contributed by atoms with van der Waals surface area (Å²) in [5.74, 6) is -0.449. The van der Waals surface area contributed by atoms with E-state index in [0.717, 1.165) is 22.2 Å². The van der Waals surface area contributed by atoms with Crippen LogP contribution in [-0.4, -0.2) is 17.6 Å². The van der Waals surface area contributed by atoms with Crippen LogP contribution in [0.5, 0.6) is 0 Å². The van der Waals surface area contributed by atoms with E-state index in [1.165, 1.54) is 6.07 Å². The maximum atomic E-state index is 14.1. The minimum absolute atomic E-state index is 0.183. The summed E-state index contributed by atoms with van der Waals surface area (Å²) in [6.07, 6.45) is 0.482. The number of rotatable bonds is 7. The number of anilines is 1. The number of hydrogen-bond donors (Lipinski definition) is 1. The number of carbonyl (C=O) groups excluding carboxylic acids is 1. The first-order valence-electron chi connectivity index (χ1n) is 8.53. The molecule has 5 heteroatoms. The zero-order valence-electron chi connectivity index (χ0n) is 15.3. The van der Waals surface area contributed by atoms with Crippen LogP contribution in [0.2, 0.25) is 0 Å². The second-order valence-corrected chi connectivity index (χ2v) is 7.10. The van der Waals surface area contributed by atoms with Crippen LogP contribution in [0.1, 0.15) is 25.1 Å². The van der Waals surface area contributed by atoms with Gasteiger partial charge in [0.15, 0.2) is 0 Å². The highest BCUT2D eigenvalue weighted by Gasteiger charge is 2.26. The lowest BCUT2D eigenvalue weighted by molar-refractivity contribution is -0.105. The van der Waals surface area contributed by atoms with Gasteiger partial charge < -0.3 is 14.6 Å². The van der Waals surface area contributed by atoms with Crippen molar-refractivity contribution in [3.05, 3.63) is 65.6 Å². The molecule has 2 aromatic carbocycles. The van der Waals surface area contributed by atoms with Crippen molar-refractivity contribution in [2.24, 2.45) is 7.05 Å². The summed E-state index contributed by atoms with van der Waals surface area (Å²) >= 11 is 0. The molecule has 0 fully saturated rings. The fourth-order valence-corrected chi connectivity index (χ4v) is 3.26. The molecule has 0 aliphatic heterocycles.